The molecule has 0 saturated heterocycles. The molecule has 0 aromatic heterocycles. The molecule has 4 nitrogen and oxygen atoms in total. The van der Waals surface area contributed by atoms with Gasteiger partial charge in [-0.2, -0.15) is 0 Å². The van der Waals surface area contributed by atoms with Crippen molar-refractivity contribution < 1.29 is 9.53 Å². The first-order valence-electron chi connectivity index (χ1n) is 10.6. The number of nitrogens with one attached hydrogen (secondary N) is 1. The Kier molecular flexibility index (Phi) is 5.75. The van der Waals surface area contributed by atoms with Crippen LogP contribution in [0.4, 0.5) is 5.69 Å². The second kappa shape index (κ2) is 8.62. The standard InChI is InChI=1S/C26H28N2O2/c1-3-18-30-22-13-9-12-21(19-22)26(2)27-24-15-8-7-14-23(24)25(29)28(26)17-16-20-10-5-4-6-11-20/h4-15,19,27H,3,16-18H2,1-2H3. The SMILES string of the molecule is CCCOc1cccc(C2(C)Nc3ccccc3C(=O)N2CCc2ccccc2)c1. The summed E-state index contributed by atoms with van der Waals surface area (Å²) in [7, 11) is 0. The van der Waals surface area contributed by atoms with Gasteiger partial charge in [-0.15, -0.1) is 0 Å². The van der Waals surface area contributed by atoms with Gasteiger partial charge in [-0.1, -0.05) is 61.5 Å². The van der Waals surface area contributed by atoms with Gasteiger partial charge in [-0.3, -0.25) is 4.79 Å². The predicted molar refractivity (Wildman–Crippen MR) is 121 cm³/mol. The monoisotopic (exact) mass is 400 g/mol. The van der Waals surface area contributed by atoms with Crippen LogP contribution in [0.5, 0.6) is 5.75 Å². The van der Waals surface area contributed by atoms with Crippen LogP contribution in [0.25, 0.3) is 0 Å². The number of fused-ring (bicyclic) bond motifs is 1. The van der Waals surface area contributed by atoms with Crippen LogP contribution in [0.15, 0.2) is 78.9 Å². The molecule has 154 valence electrons. The first kappa shape index (κ1) is 20.0. The highest BCUT2D eigenvalue weighted by Crippen LogP contribution is 2.38. The van der Waals surface area contributed by atoms with Gasteiger partial charge in [0.25, 0.3) is 5.91 Å². The minimum absolute atomic E-state index is 0.0441. The van der Waals surface area contributed by atoms with Gasteiger partial charge >= 0.3 is 0 Å². The zero-order valence-corrected chi connectivity index (χ0v) is 17.6. The van der Waals surface area contributed by atoms with E-state index in [0.29, 0.717) is 18.7 Å². The third kappa shape index (κ3) is 3.90. The minimum Gasteiger partial charge on any atom is -0.494 e. The molecule has 1 amide bonds. The highest BCUT2D eigenvalue weighted by molar-refractivity contribution is 6.02. The van der Waals surface area contributed by atoms with Gasteiger partial charge in [0.05, 0.1) is 12.2 Å². The van der Waals surface area contributed by atoms with E-state index in [9.17, 15) is 4.79 Å². The first-order valence-corrected chi connectivity index (χ1v) is 10.6. The van der Waals surface area contributed by atoms with E-state index < -0.39 is 5.66 Å². The number of carbonyl (C=O) groups excluding carboxylic acids is 1. The summed E-state index contributed by atoms with van der Waals surface area (Å²) >= 11 is 0. The van der Waals surface area contributed by atoms with Crippen molar-refractivity contribution in [3.8, 4) is 5.75 Å². The maximum Gasteiger partial charge on any atom is 0.258 e. The molecule has 1 aliphatic rings. The van der Waals surface area contributed by atoms with Gasteiger partial charge in [0.1, 0.15) is 11.4 Å². The van der Waals surface area contributed by atoms with E-state index in [0.717, 1.165) is 29.8 Å². The lowest BCUT2D eigenvalue weighted by Gasteiger charge is -2.47. The molecule has 0 aliphatic carbocycles. The first-order chi connectivity index (χ1) is 14.6. The fourth-order valence-electron chi connectivity index (χ4n) is 4.00. The van der Waals surface area contributed by atoms with Crippen molar-refractivity contribution in [1.29, 1.82) is 0 Å². The molecule has 0 spiro atoms. The van der Waals surface area contributed by atoms with Crippen molar-refractivity contribution >= 4 is 11.6 Å². The van der Waals surface area contributed by atoms with Crippen LogP contribution in [0.3, 0.4) is 0 Å². The zero-order chi connectivity index (χ0) is 21.0. The summed E-state index contributed by atoms with van der Waals surface area (Å²) in [6.07, 6.45) is 1.74. The number of nitrogens with zero attached hydrogens (tertiary/aromatic N) is 1. The summed E-state index contributed by atoms with van der Waals surface area (Å²) in [5.41, 5.74) is 3.12. The summed E-state index contributed by atoms with van der Waals surface area (Å²) in [5, 5.41) is 3.64. The summed E-state index contributed by atoms with van der Waals surface area (Å²) < 4.78 is 5.86. The summed E-state index contributed by atoms with van der Waals surface area (Å²) in [5.74, 6) is 0.870. The molecular formula is C26H28N2O2. The molecule has 1 heterocycles. The van der Waals surface area contributed by atoms with Crippen molar-refractivity contribution in [2.24, 2.45) is 0 Å². The van der Waals surface area contributed by atoms with Crippen molar-refractivity contribution in [3.63, 3.8) is 0 Å². The third-order valence-electron chi connectivity index (χ3n) is 5.66. The maximum absolute atomic E-state index is 13.5. The van der Waals surface area contributed by atoms with Crippen molar-refractivity contribution in [1.82, 2.24) is 4.90 Å². The number of hydrogen-bond donors (Lipinski definition) is 1. The lowest BCUT2D eigenvalue weighted by molar-refractivity contribution is 0.0538. The normalized spacial score (nSPS) is 17.9. The van der Waals surface area contributed by atoms with Crippen LogP contribution in [-0.4, -0.2) is 24.0 Å². The Labute approximate surface area is 178 Å². The second-order valence-electron chi connectivity index (χ2n) is 7.81. The maximum atomic E-state index is 13.5. The Morgan fingerprint density at radius 2 is 1.73 bits per heavy atom. The highest BCUT2D eigenvalue weighted by atomic mass is 16.5. The van der Waals surface area contributed by atoms with Gasteiger partial charge in [0, 0.05) is 17.8 Å². The minimum atomic E-state index is -0.675. The molecule has 1 aliphatic heterocycles. The molecule has 1 N–H and O–H groups in total. The second-order valence-corrected chi connectivity index (χ2v) is 7.81. The fraction of sp³-hybridized carbons (Fsp3) is 0.269. The van der Waals surface area contributed by atoms with E-state index in [1.807, 2.05) is 65.6 Å². The number of amides is 1. The molecule has 3 aromatic carbocycles. The van der Waals surface area contributed by atoms with E-state index in [1.54, 1.807) is 0 Å². The largest absolute Gasteiger partial charge is 0.494 e. The Morgan fingerprint density at radius 1 is 0.967 bits per heavy atom. The Balaban J connectivity index is 1.71. The molecule has 0 saturated carbocycles. The van der Waals surface area contributed by atoms with E-state index in [1.165, 1.54) is 5.56 Å². The topological polar surface area (TPSA) is 41.6 Å². The molecular weight excluding hydrogens is 372 g/mol. The number of carbonyl (C=O) groups is 1. The Morgan fingerprint density at radius 3 is 2.53 bits per heavy atom. The number of rotatable bonds is 7. The van der Waals surface area contributed by atoms with Crippen LogP contribution in [-0.2, 0) is 12.1 Å². The van der Waals surface area contributed by atoms with Gasteiger partial charge in [0.2, 0.25) is 0 Å². The quantitative estimate of drug-likeness (QED) is 0.573. The number of anilines is 1. The Bertz CT molecular complexity index is 1020. The smallest absolute Gasteiger partial charge is 0.258 e. The number of benzene rings is 3. The lowest BCUT2D eigenvalue weighted by atomic mass is 9.93. The van der Waals surface area contributed by atoms with Crippen LogP contribution >= 0.6 is 0 Å². The van der Waals surface area contributed by atoms with Crippen LogP contribution in [0.1, 0.15) is 41.8 Å². The van der Waals surface area contributed by atoms with Crippen molar-refractivity contribution in [2.45, 2.75) is 32.4 Å². The molecule has 1 atom stereocenters. The number of hydrogen-bond acceptors (Lipinski definition) is 3. The molecule has 4 rings (SSSR count). The third-order valence-corrected chi connectivity index (χ3v) is 5.66. The average Bonchev–Trinajstić information content (AvgIpc) is 2.78. The number of ether oxygens (including phenoxy) is 1. The van der Waals surface area contributed by atoms with Gasteiger partial charge in [-0.05, 0) is 49.6 Å². The van der Waals surface area contributed by atoms with E-state index in [-0.39, 0.29) is 5.91 Å². The van der Waals surface area contributed by atoms with Gasteiger partial charge in [0.15, 0.2) is 0 Å². The lowest BCUT2D eigenvalue weighted by Crippen LogP contribution is -2.56. The highest BCUT2D eigenvalue weighted by Gasteiger charge is 2.42. The number of para-hydroxylation sites is 1. The summed E-state index contributed by atoms with van der Waals surface area (Å²) in [6, 6.07) is 26.1. The molecule has 0 fully saturated rings. The van der Waals surface area contributed by atoms with Crippen LogP contribution in [0.2, 0.25) is 0 Å². The van der Waals surface area contributed by atoms with Crippen LogP contribution < -0.4 is 10.1 Å². The molecule has 4 heteroatoms. The fourth-order valence-corrected chi connectivity index (χ4v) is 4.00. The van der Waals surface area contributed by atoms with Crippen LogP contribution in [0, 0.1) is 0 Å². The molecule has 0 bridgehead atoms. The van der Waals surface area contributed by atoms with Gasteiger partial charge in [-0.25, -0.2) is 0 Å². The van der Waals surface area contributed by atoms with E-state index in [2.05, 4.69) is 37.4 Å². The van der Waals surface area contributed by atoms with E-state index >= 15 is 0 Å². The van der Waals surface area contributed by atoms with Crippen molar-refractivity contribution in [3.05, 3.63) is 95.6 Å². The molecule has 0 radical (unpaired) electrons. The van der Waals surface area contributed by atoms with Gasteiger partial charge < -0.3 is 15.0 Å². The Hall–Kier alpha value is -3.27. The predicted octanol–water partition coefficient (Wildman–Crippen LogP) is 5.46. The summed E-state index contributed by atoms with van der Waals surface area (Å²) in [6.45, 7) is 5.45. The molecule has 3 aromatic rings. The zero-order valence-electron chi connectivity index (χ0n) is 17.6. The molecule has 1 unspecified atom stereocenters. The average molecular weight is 401 g/mol. The summed E-state index contributed by atoms with van der Waals surface area (Å²) in [4.78, 5) is 15.5. The van der Waals surface area contributed by atoms with E-state index in [4.69, 9.17) is 4.74 Å². The molecule has 30 heavy (non-hydrogen) atoms. The van der Waals surface area contributed by atoms with Crippen molar-refractivity contribution in [2.75, 3.05) is 18.5 Å².